The number of aliphatic hydroxyl groups excluding tert-OH is 1. The van der Waals surface area contributed by atoms with Crippen molar-refractivity contribution in [2.75, 3.05) is 17.2 Å². The third-order valence-corrected chi connectivity index (χ3v) is 7.33. The minimum Gasteiger partial charge on any atom is -0.396 e. The van der Waals surface area contributed by atoms with Gasteiger partial charge in [0.25, 0.3) is 0 Å². The second-order valence-electron chi connectivity index (χ2n) is 8.64. The number of fused-ring (bicyclic) bond motifs is 1. The van der Waals surface area contributed by atoms with Gasteiger partial charge in [-0.2, -0.15) is 4.98 Å². The monoisotopic (exact) mass is 424 g/mol. The number of aromatic nitrogens is 4. The van der Waals surface area contributed by atoms with Crippen LogP contribution < -0.4 is 10.6 Å². The van der Waals surface area contributed by atoms with Gasteiger partial charge in [0.15, 0.2) is 0 Å². The SMILES string of the molecule is Cc1cc2sc(-c3c(C)nc(NC4CCC4)nc3NC3CCC(CO)C3)nc2cn1. The third kappa shape index (κ3) is 3.86. The smallest absolute Gasteiger partial charge is 0.225 e. The lowest BCUT2D eigenvalue weighted by Gasteiger charge is -2.27. The van der Waals surface area contributed by atoms with Gasteiger partial charge in [0.1, 0.15) is 16.3 Å². The van der Waals surface area contributed by atoms with E-state index in [9.17, 15) is 5.11 Å². The highest BCUT2D eigenvalue weighted by atomic mass is 32.1. The normalized spacial score (nSPS) is 21.7. The summed E-state index contributed by atoms with van der Waals surface area (Å²) in [6, 6.07) is 2.87. The van der Waals surface area contributed by atoms with E-state index in [1.165, 1.54) is 19.3 Å². The highest BCUT2D eigenvalue weighted by Gasteiger charge is 2.27. The van der Waals surface area contributed by atoms with Crippen LogP contribution in [0.2, 0.25) is 0 Å². The van der Waals surface area contributed by atoms with E-state index in [1.54, 1.807) is 11.3 Å². The summed E-state index contributed by atoms with van der Waals surface area (Å²) < 4.78 is 1.13. The number of aliphatic hydroxyl groups is 1. The molecule has 3 aromatic heterocycles. The molecule has 0 amide bonds. The minimum atomic E-state index is 0.256. The van der Waals surface area contributed by atoms with E-state index in [0.29, 0.717) is 23.9 Å². The number of hydrogen-bond donors (Lipinski definition) is 3. The predicted octanol–water partition coefficient (Wildman–Crippen LogP) is 4.30. The summed E-state index contributed by atoms with van der Waals surface area (Å²) in [5.74, 6) is 1.91. The Morgan fingerprint density at radius 1 is 1.07 bits per heavy atom. The van der Waals surface area contributed by atoms with Crippen molar-refractivity contribution in [2.24, 2.45) is 5.92 Å². The van der Waals surface area contributed by atoms with Crippen molar-refractivity contribution in [2.45, 2.75) is 64.5 Å². The summed E-state index contributed by atoms with van der Waals surface area (Å²) in [5.41, 5.74) is 3.80. The quantitative estimate of drug-likeness (QED) is 0.543. The molecule has 0 bridgehead atoms. The standard InChI is InChI=1S/C22H28N6OS/c1-12-8-18-17(10-23-12)27-21(30-18)19-13(2)24-22(26-15-4-3-5-15)28-20(19)25-16-7-6-14(9-16)11-29/h8,10,14-16,29H,3-7,9,11H2,1-2H3,(H2,24,25,26,28). The Morgan fingerprint density at radius 3 is 2.67 bits per heavy atom. The van der Waals surface area contributed by atoms with E-state index in [4.69, 9.17) is 15.0 Å². The maximum absolute atomic E-state index is 9.53. The van der Waals surface area contributed by atoms with Crippen LogP contribution in [0.4, 0.5) is 11.8 Å². The third-order valence-electron chi connectivity index (χ3n) is 6.29. The molecule has 0 aromatic carbocycles. The molecule has 7 nitrogen and oxygen atoms in total. The van der Waals surface area contributed by atoms with Crippen LogP contribution in [-0.4, -0.2) is 43.7 Å². The summed E-state index contributed by atoms with van der Waals surface area (Å²) in [5, 5.41) is 17.6. The molecule has 0 spiro atoms. The molecule has 0 saturated heterocycles. The molecule has 3 aromatic rings. The number of thiazole rings is 1. The first-order valence-electron chi connectivity index (χ1n) is 10.8. The van der Waals surface area contributed by atoms with Crippen molar-refractivity contribution in [3.05, 3.63) is 23.7 Å². The molecule has 3 heterocycles. The Hall–Kier alpha value is -2.32. The Bertz CT molecular complexity index is 1060. The van der Waals surface area contributed by atoms with Crippen molar-refractivity contribution in [1.82, 2.24) is 19.9 Å². The summed E-state index contributed by atoms with van der Waals surface area (Å²) in [6.07, 6.45) is 8.52. The highest BCUT2D eigenvalue weighted by molar-refractivity contribution is 7.21. The van der Waals surface area contributed by atoms with Crippen molar-refractivity contribution >= 4 is 33.3 Å². The van der Waals surface area contributed by atoms with E-state index in [0.717, 1.165) is 57.3 Å². The zero-order valence-electron chi connectivity index (χ0n) is 17.5. The van der Waals surface area contributed by atoms with Gasteiger partial charge in [-0.15, -0.1) is 11.3 Å². The van der Waals surface area contributed by atoms with Crippen LogP contribution in [0.5, 0.6) is 0 Å². The van der Waals surface area contributed by atoms with Crippen LogP contribution in [0.1, 0.15) is 49.9 Å². The van der Waals surface area contributed by atoms with Crippen LogP contribution in [0.3, 0.4) is 0 Å². The molecular formula is C22H28N6OS. The lowest BCUT2D eigenvalue weighted by molar-refractivity contribution is 0.229. The zero-order chi connectivity index (χ0) is 20.7. The maximum Gasteiger partial charge on any atom is 0.225 e. The van der Waals surface area contributed by atoms with Crippen molar-refractivity contribution in [3.63, 3.8) is 0 Å². The van der Waals surface area contributed by atoms with Gasteiger partial charge in [-0.05, 0) is 64.4 Å². The van der Waals surface area contributed by atoms with Gasteiger partial charge >= 0.3 is 0 Å². The fourth-order valence-corrected chi connectivity index (χ4v) is 5.47. The van der Waals surface area contributed by atoms with Gasteiger partial charge in [0.2, 0.25) is 5.95 Å². The van der Waals surface area contributed by atoms with Gasteiger partial charge in [0, 0.05) is 24.4 Å². The topological polar surface area (TPSA) is 95.9 Å². The van der Waals surface area contributed by atoms with Crippen LogP contribution in [0.25, 0.3) is 20.8 Å². The van der Waals surface area contributed by atoms with Crippen molar-refractivity contribution < 1.29 is 5.11 Å². The molecule has 2 unspecified atom stereocenters. The number of nitrogens with one attached hydrogen (secondary N) is 2. The summed E-state index contributed by atoms with van der Waals surface area (Å²) >= 11 is 1.66. The lowest BCUT2D eigenvalue weighted by Crippen LogP contribution is -2.28. The van der Waals surface area contributed by atoms with E-state index < -0.39 is 0 Å². The van der Waals surface area contributed by atoms with Crippen LogP contribution in [-0.2, 0) is 0 Å². The predicted molar refractivity (Wildman–Crippen MR) is 121 cm³/mol. The summed E-state index contributed by atoms with van der Waals surface area (Å²) in [7, 11) is 0. The second-order valence-corrected chi connectivity index (χ2v) is 9.67. The van der Waals surface area contributed by atoms with Gasteiger partial charge in [-0.25, -0.2) is 9.97 Å². The fourth-order valence-electron chi connectivity index (χ4n) is 4.33. The first-order valence-corrected chi connectivity index (χ1v) is 11.7. The molecule has 2 saturated carbocycles. The molecule has 2 aliphatic rings. The van der Waals surface area contributed by atoms with E-state index in [1.807, 2.05) is 20.0 Å². The number of nitrogens with zero attached hydrogens (tertiary/aromatic N) is 4. The van der Waals surface area contributed by atoms with Crippen LogP contribution >= 0.6 is 11.3 Å². The molecule has 0 radical (unpaired) electrons. The average Bonchev–Trinajstić information content (AvgIpc) is 3.30. The highest BCUT2D eigenvalue weighted by Crippen LogP contribution is 2.38. The second kappa shape index (κ2) is 8.07. The molecule has 2 atom stereocenters. The van der Waals surface area contributed by atoms with Gasteiger partial charge in [0.05, 0.1) is 22.2 Å². The molecule has 30 heavy (non-hydrogen) atoms. The molecule has 2 aliphatic carbocycles. The molecule has 5 rings (SSSR count). The number of rotatable bonds is 6. The Kier molecular flexibility index (Phi) is 5.28. The fraction of sp³-hybridized carbons (Fsp3) is 0.545. The van der Waals surface area contributed by atoms with Gasteiger partial charge in [-0.1, -0.05) is 0 Å². The number of anilines is 2. The molecule has 158 valence electrons. The van der Waals surface area contributed by atoms with Gasteiger partial charge < -0.3 is 15.7 Å². The number of pyridine rings is 1. The molecule has 3 N–H and O–H groups in total. The molecule has 8 heteroatoms. The van der Waals surface area contributed by atoms with E-state index >= 15 is 0 Å². The first kappa shape index (κ1) is 19.6. The summed E-state index contributed by atoms with van der Waals surface area (Å²) in [4.78, 5) is 18.9. The molecule has 2 fully saturated rings. The number of hydrogen-bond acceptors (Lipinski definition) is 8. The zero-order valence-corrected chi connectivity index (χ0v) is 18.3. The van der Waals surface area contributed by atoms with Crippen molar-refractivity contribution in [3.8, 4) is 10.6 Å². The Balaban J connectivity index is 1.53. The lowest BCUT2D eigenvalue weighted by atomic mass is 9.93. The van der Waals surface area contributed by atoms with Crippen LogP contribution in [0, 0.1) is 19.8 Å². The largest absolute Gasteiger partial charge is 0.396 e. The van der Waals surface area contributed by atoms with Crippen LogP contribution in [0.15, 0.2) is 12.3 Å². The minimum absolute atomic E-state index is 0.256. The molecular weight excluding hydrogens is 396 g/mol. The Labute approximate surface area is 180 Å². The Morgan fingerprint density at radius 2 is 1.93 bits per heavy atom. The number of aryl methyl sites for hydroxylation is 2. The maximum atomic E-state index is 9.53. The van der Waals surface area contributed by atoms with Gasteiger partial charge in [-0.3, -0.25) is 4.98 Å². The molecule has 0 aliphatic heterocycles. The van der Waals surface area contributed by atoms with E-state index in [2.05, 4.69) is 21.7 Å². The first-order chi connectivity index (χ1) is 14.6. The summed E-state index contributed by atoms with van der Waals surface area (Å²) in [6.45, 7) is 4.29. The van der Waals surface area contributed by atoms with Crippen molar-refractivity contribution in [1.29, 1.82) is 0 Å². The van der Waals surface area contributed by atoms with E-state index in [-0.39, 0.29) is 6.61 Å². The average molecular weight is 425 g/mol.